The number of fused-ring (bicyclic) bond motifs is 1. The molecule has 0 spiro atoms. The molecule has 0 unspecified atom stereocenters. The van der Waals surface area contributed by atoms with E-state index < -0.39 is 9.84 Å². The van der Waals surface area contributed by atoms with Crippen LogP contribution in [0.3, 0.4) is 0 Å². The minimum absolute atomic E-state index is 0.384. The lowest BCUT2D eigenvalue weighted by molar-refractivity contribution is 0.595. The fourth-order valence-electron chi connectivity index (χ4n) is 3.35. The van der Waals surface area contributed by atoms with Crippen LogP contribution in [0, 0.1) is 13.8 Å². The van der Waals surface area contributed by atoms with Crippen molar-refractivity contribution in [3.8, 4) is 0 Å². The van der Waals surface area contributed by atoms with Crippen LogP contribution in [0.15, 0.2) is 82.6 Å². The highest BCUT2D eigenvalue weighted by atomic mass is 32.2. The predicted octanol–water partition coefficient (Wildman–Crippen LogP) is 5.31. The zero-order valence-electron chi connectivity index (χ0n) is 15.3. The number of hydrogen-bond acceptors (Lipinski definition) is 2. The maximum atomic E-state index is 12.5. The summed E-state index contributed by atoms with van der Waals surface area (Å²) in [5, 5.41) is 0. The maximum absolute atomic E-state index is 12.5. The number of hydrogen-bond donors (Lipinski definition) is 0. The molecule has 0 saturated heterocycles. The summed E-state index contributed by atoms with van der Waals surface area (Å²) in [6, 6.07) is 22.8. The standard InChI is InChI=1S/C14H14O2S.C9H10/c1-11-7-3-5-9-13(11)17(15,16)14-10-6-4-8-12(14)2;1-2-5-9-7-3-6-8(9)4-1/h3-10H,1-2H3;1-2,4-5H,3,6-7H2. The van der Waals surface area contributed by atoms with Gasteiger partial charge in [0.05, 0.1) is 9.79 Å². The monoisotopic (exact) mass is 364 g/mol. The highest BCUT2D eigenvalue weighted by Crippen LogP contribution is 2.25. The van der Waals surface area contributed by atoms with Crippen LogP contribution in [0.5, 0.6) is 0 Å². The highest BCUT2D eigenvalue weighted by molar-refractivity contribution is 7.91. The van der Waals surface area contributed by atoms with Gasteiger partial charge in [0.2, 0.25) is 9.84 Å². The molecule has 0 fully saturated rings. The van der Waals surface area contributed by atoms with E-state index in [2.05, 4.69) is 24.3 Å². The number of benzene rings is 3. The van der Waals surface area contributed by atoms with Crippen molar-refractivity contribution in [2.24, 2.45) is 0 Å². The Morgan fingerprint density at radius 2 is 1.00 bits per heavy atom. The minimum Gasteiger partial charge on any atom is -0.218 e. The molecule has 0 bridgehead atoms. The van der Waals surface area contributed by atoms with E-state index in [0.29, 0.717) is 9.79 Å². The topological polar surface area (TPSA) is 34.1 Å². The lowest BCUT2D eigenvalue weighted by Crippen LogP contribution is -2.05. The largest absolute Gasteiger partial charge is 0.218 e. The molecule has 0 N–H and O–H groups in total. The van der Waals surface area contributed by atoms with E-state index >= 15 is 0 Å². The summed E-state index contributed by atoms with van der Waals surface area (Å²) in [6.07, 6.45) is 3.96. The molecule has 2 nitrogen and oxygen atoms in total. The van der Waals surface area contributed by atoms with Crippen LogP contribution < -0.4 is 0 Å². The van der Waals surface area contributed by atoms with Crippen LogP contribution in [-0.4, -0.2) is 8.42 Å². The van der Waals surface area contributed by atoms with Crippen LogP contribution in [0.4, 0.5) is 0 Å². The quantitative estimate of drug-likeness (QED) is 0.617. The molecule has 0 heterocycles. The Hall–Kier alpha value is -2.39. The van der Waals surface area contributed by atoms with Crippen molar-refractivity contribution >= 4 is 9.84 Å². The van der Waals surface area contributed by atoms with E-state index in [9.17, 15) is 8.42 Å². The van der Waals surface area contributed by atoms with Gasteiger partial charge in [0.1, 0.15) is 0 Å². The smallest absolute Gasteiger partial charge is 0.207 e. The summed E-state index contributed by atoms with van der Waals surface area (Å²) >= 11 is 0. The summed E-state index contributed by atoms with van der Waals surface area (Å²) in [6.45, 7) is 3.62. The van der Waals surface area contributed by atoms with Gasteiger partial charge in [-0.25, -0.2) is 8.42 Å². The summed E-state index contributed by atoms with van der Waals surface area (Å²) in [4.78, 5) is 0.767. The number of aryl methyl sites for hydroxylation is 4. The van der Waals surface area contributed by atoms with Gasteiger partial charge in [0, 0.05) is 0 Å². The summed E-state index contributed by atoms with van der Waals surface area (Å²) < 4.78 is 25.0. The van der Waals surface area contributed by atoms with Crippen LogP contribution >= 0.6 is 0 Å². The SMILES string of the molecule is Cc1ccccc1S(=O)(=O)c1ccccc1C.c1ccc2c(c1)CCC2. The molecule has 0 radical (unpaired) electrons. The van der Waals surface area contributed by atoms with Gasteiger partial charge < -0.3 is 0 Å². The third-order valence-electron chi connectivity index (χ3n) is 4.78. The van der Waals surface area contributed by atoms with E-state index in [1.807, 2.05) is 38.1 Å². The Kier molecular flexibility index (Phi) is 5.58. The fraction of sp³-hybridized carbons (Fsp3) is 0.217. The molecule has 1 aliphatic carbocycles. The average Bonchev–Trinajstić information content (AvgIpc) is 3.11. The van der Waals surface area contributed by atoms with E-state index in [0.717, 1.165) is 11.1 Å². The van der Waals surface area contributed by atoms with Crippen molar-refractivity contribution in [3.63, 3.8) is 0 Å². The van der Waals surface area contributed by atoms with Gasteiger partial charge in [-0.3, -0.25) is 0 Å². The predicted molar refractivity (Wildman–Crippen MR) is 106 cm³/mol. The van der Waals surface area contributed by atoms with E-state index in [1.165, 1.54) is 19.3 Å². The van der Waals surface area contributed by atoms with Gasteiger partial charge in [-0.1, -0.05) is 60.7 Å². The third kappa shape index (κ3) is 3.88. The Morgan fingerprint density at radius 1 is 0.615 bits per heavy atom. The van der Waals surface area contributed by atoms with Crippen molar-refractivity contribution in [2.45, 2.75) is 42.9 Å². The van der Waals surface area contributed by atoms with Gasteiger partial charge >= 0.3 is 0 Å². The van der Waals surface area contributed by atoms with Gasteiger partial charge in [-0.15, -0.1) is 0 Å². The molecule has 0 amide bonds. The second-order valence-electron chi connectivity index (χ2n) is 6.66. The Balaban J connectivity index is 0.000000181. The van der Waals surface area contributed by atoms with Crippen LogP contribution in [0.25, 0.3) is 0 Å². The molecule has 4 rings (SSSR count). The summed E-state index contributed by atoms with van der Waals surface area (Å²) in [7, 11) is -3.40. The molecular weight excluding hydrogens is 340 g/mol. The Labute approximate surface area is 156 Å². The minimum atomic E-state index is -3.40. The molecule has 26 heavy (non-hydrogen) atoms. The first-order chi connectivity index (χ1) is 12.5. The fourth-order valence-corrected chi connectivity index (χ4v) is 5.09. The van der Waals surface area contributed by atoms with E-state index in [-0.39, 0.29) is 0 Å². The van der Waals surface area contributed by atoms with E-state index in [4.69, 9.17) is 0 Å². The lowest BCUT2D eigenvalue weighted by Gasteiger charge is -2.09. The molecule has 0 saturated carbocycles. The molecule has 0 atom stereocenters. The van der Waals surface area contributed by atoms with Gasteiger partial charge in [0.25, 0.3) is 0 Å². The third-order valence-corrected chi connectivity index (χ3v) is 6.85. The van der Waals surface area contributed by atoms with Crippen molar-refractivity contribution < 1.29 is 8.42 Å². The van der Waals surface area contributed by atoms with Gasteiger partial charge in [-0.05, 0) is 67.5 Å². The van der Waals surface area contributed by atoms with Crippen molar-refractivity contribution in [1.29, 1.82) is 0 Å². The second kappa shape index (κ2) is 7.88. The molecular formula is C23H24O2S. The molecule has 3 heteroatoms. The first kappa shape index (κ1) is 18.4. The Bertz CT molecular complexity index is 929. The van der Waals surface area contributed by atoms with Crippen LogP contribution in [0.1, 0.15) is 28.7 Å². The lowest BCUT2D eigenvalue weighted by atomic mass is 10.1. The maximum Gasteiger partial charge on any atom is 0.207 e. The summed E-state index contributed by atoms with van der Waals surface area (Å²) in [5.74, 6) is 0. The van der Waals surface area contributed by atoms with Crippen molar-refractivity contribution in [2.75, 3.05) is 0 Å². The zero-order chi connectivity index (χ0) is 18.6. The van der Waals surface area contributed by atoms with Crippen molar-refractivity contribution in [3.05, 3.63) is 95.1 Å². The molecule has 1 aliphatic rings. The zero-order valence-corrected chi connectivity index (χ0v) is 16.1. The molecule has 0 aromatic heterocycles. The van der Waals surface area contributed by atoms with E-state index in [1.54, 1.807) is 35.4 Å². The number of sulfone groups is 1. The van der Waals surface area contributed by atoms with Gasteiger partial charge in [0.15, 0.2) is 0 Å². The normalized spacial score (nSPS) is 12.8. The first-order valence-corrected chi connectivity index (χ1v) is 10.4. The summed E-state index contributed by atoms with van der Waals surface area (Å²) in [5.41, 5.74) is 4.68. The molecule has 134 valence electrons. The van der Waals surface area contributed by atoms with Crippen molar-refractivity contribution in [1.82, 2.24) is 0 Å². The van der Waals surface area contributed by atoms with Gasteiger partial charge in [-0.2, -0.15) is 0 Å². The second-order valence-corrected chi connectivity index (χ2v) is 8.54. The Morgan fingerprint density at radius 3 is 1.42 bits per heavy atom. The van der Waals surface area contributed by atoms with Crippen LogP contribution in [0.2, 0.25) is 0 Å². The van der Waals surface area contributed by atoms with Crippen LogP contribution in [-0.2, 0) is 22.7 Å². The average molecular weight is 365 g/mol. The molecule has 3 aromatic carbocycles. The highest BCUT2D eigenvalue weighted by Gasteiger charge is 2.20. The molecule has 0 aliphatic heterocycles. The number of rotatable bonds is 2. The molecule has 3 aromatic rings. The first-order valence-electron chi connectivity index (χ1n) is 8.93.